The maximum Gasteiger partial charge on any atom is 0.407 e. The summed E-state index contributed by atoms with van der Waals surface area (Å²) in [4.78, 5) is 16.0. The topological polar surface area (TPSA) is 86.5 Å². The second kappa shape index (κ2) is 7.88. The van der Waals surface area contributed by atoms with E-state index in [-0.39, 0.29) is 12.6 Å². The van der Waals surface area contributed by atoms with Gasteiger partial charge in [0.2, 0.25) is 0 Å². The van der Waals surface area contributed by atoms with Gasteiger partial charge < -0.3 is 20.5 Å². The summed E-state index contributed by atoms with van der Waals surface area (Å²) in [6, 6.07) is 11.0. The van der Waals surface area contributed by atoms with E-state index in [0.29, 0.717) is 11.4 Å². The predicted molar refractivity (Wildman–Crippen MR) is 98.4 cm³/mol. The van der Waals surface area contributed by atoms with E-state index in [9.17, 15) is 4.79 Å². The van der Waals surface area contributed by atoms with E-state index in [1.807, 2.05) is 58.0 Å². The van der Waals surface area contributed by atoms with Crippen molar-refractivity contribution >= 4 is 11.8 Å². The smallest absolute Gasteiger partial charge is 0.407 e. The fourth-order valence-corrected chi connectivity index (χ4v) is 2.14. The van der Waals surface area contributed by atoms with Crippen molar-refractivity contribution in [2.45, 2.75) is 39.3 Å². The van der Waals surface area contributed by atoms with Crippen molar-refractivity contribution < 1.29 is 14.3 Å². The number of hydrogen-bond donors (Lipinski definition) is 2. The lowest BCUT2D eigenvalue weighted by Gasteiger charge is -2.22. The maximum absolute atomic E-state index is 11.7. The second-order valence-electron chi connectivity index (χ2n) is 6.83. The largest absolute Gasteiger partial charge is 0.489 e. The normalized spacial score (nSPS) is 12.3. The third-order valence-electron chi connectivity index (χ3n) is 3.22. The van der Waals surface area contributed by atoms with Crippen LogP contribution in [0.3, 0.4) is 0 Å². The lowest BCUT2D eigenvalue weighted by Crippen LogP contribution is -2.40. The zero-order valence-electron chi connectivity index (χ0n) is 15.1. The molecule has 1 amide bonds. The van der Waals surface area contributed by atoms with Gasteiger partial charge in [0.25, 0.3) is 0 Å². The van der Waals surface area contributed by atoms with E-state index in [4.69, 9.17) is 15.2 Å². The summed E-state index contributed by atoms with van der Waals surface area (Å²) in [5.74, 6) is 0.567. The lowest BCUT2D eigenvalue weighted by molar-refractivity contribution is 0.0494. The summed E-state index contributed by atoms with van der Waals surface area (Å²) in [5, 5.41) is 2.73. The standard InChI is InChI=1S/C19H25N3O3/c1-13(22-18(23)25-19(2,3)4)12-24-17-9-8-14(11-15(17)20)16-7-5-6-10-21-16/h5-11,13H,12,20H2,1-4H3,(H,22,23)/t13-/m1/s1. The fourth-order valence-electron chi connectivity index (χ4n) is 2.14. The van der Waals surface area contributed by atoms with Crippen molar-refractivity contribution in [2.75, 3.05) is 12.3 Å². The third kappa shape index (κ3) is 5.99. The SMILES string of the molecule is C[C@H](COc1ccc(-c2ccccn2)cc1N)NC(=O)OC(C)(C)C. The van der Waals surface area contributed by atoms with E-state index >= 15 is 0 Å². The molecule has 1 atom stereocenters. The van der Waals surface area contributed by atoms with Gasteiger partial charge in [-0.1, -0.05) is 6.07 Å². The Hall–Kier alpha value is -2.76. The first-order valence-corrected chi connectivity index (χ1v) is 8.18. The first-order valence-electron chi connectivity index (χ1n) is 8.18. The highest BCUT2D eigenvalue weighted by molar-refractivity contribution is 5.69. The van der Waals surface area contributed by atoms with Gasteiger partial charge >= 0.3 is 6.09 Å². The maximum atomic E-state index is 11.7. The van der Waals surface area contributed by atoms with Crippen molar-refractivity contribution in [3.8, 4) is 17.0 Å². The number of carbonyl (C=O) groups excluding carboxylic acids is 1. The highest BCUT2D eigenvalue weighted by Crippen LogP contribution is 2.27. The van der Waals surface area contributed by atoms with Crippen LogP contribution in [0.5, 0.6) is 5.75 Å². The van der Waals surface area contributed by atoms with Crippen molar-refractivity contribution in [1.82, 2.24) is 10.3 Å². The van der Waals surface area contributed by atoms with Crippen LogP contribution in [-0.2, 0) is 4.74 Å². The summed E-state index contributed by atoms with van der Waals surface area (Å²) < 4.78 is 10.9. The van der Waals surface area contributed by atoms with Gasteiger partial charge in [0.1, 0.15) is 18.0 Å². The lowest BCUT2D eigenvalue weighted by atomic mass is 10.1. The van der Waals surface area contributed by atoms with Gasteiger partial charge in [-0.3, -0.25) is 4.98 Å². The van der Waals surface area contributed by atoms with Crippen LogP contribution in [0.15, 0.2) is 42.6 Å². The van der Waals surface area contributed by atoms with Crippen LogP contribution in [0.1, 0.15) is 27.7 Å². The number of nitrogens with one attached hydrogen (secondary N) is 1. The molecule has 6 nitrogen and oxygen atoms in total. The minimum atomic E-state index is -0.531. The van der Waals surface area contributed by atoms with E-state index < -0.39 is 11.7 Å². The van der Waals surface area contributed by atoms with Crippen LogP contribution in [0.4, 0.5) is 10.5 Å². The average Bonchev–Trinajstić information content (AvgIpc) is 2.52. The Morgan fingerprint density at radius 3 is 2.64 bits per heavy atom. The van der Waals surface area contributed by atoms with Gasteiger partial charge in [0, 0.05) is 11.8 Å². The van der Waals surface area contributed by atoms with Crippen LogP contribution in [0.2, 0.25) is 0 Å². The Bertz CT molecular complexity index is 712. The van der Waals surface area contributed by atoms with E-state index in [1.54, 1.807) is 12.3 Å². The first kappa shape index (κ1) is 18.6. The molecule has 3 N–H and O–H groups in total. The molecule has 25 heavy (non-hydrogen) atoms. The minimum absolute atomic E-state index is 0.218. The van der Waals surface area contributed by atoms with Crippen LogP contribution in [-0.4, -0.2) is 29.3 Å². The number of aromatic nitrogens is 1. The summed E-state index contributed by atoms with van der Waals surface area (Å²) in [7, 11) is 0. The number of carbonyl (C=O) groups is 1. The minimum Gasteiger partial charge on any atom is -0.489 e. The molecule has 2 rings (SSSR count). The van der Waals surface area contributed by atoms with Crippen molar-refractivity contribution in [3.63, 3.8) is 0 Å². The molecule has 0 spiro atoms. The molecule has 0 fully saturated rings. The van der Waals surface area contributed by atoms with Gasteiger partial charge in [-0.25, -0.2) is 4.79 Å². The number of benzene rings is 1. The number of nitrogen functional groups attached to an aromatic ring is 1. The molecule has 2 aromatic rings. The molecule has 1 heterocycles. The monoisotopic (exact) mass is 343 g/mol. The Labute approximate surface area is 148 Å². The quantitative estimate of drug-likeness (QED) is 0.810. The molecule has 134 valence electrons. The molecular weight excluding hydrogens is 318 g/mol. The molecular formula is C19H25N3O3. The van der Waals surface area contributed by atoms with Crippen LogP contribution in [0, 0.1) is 0 Å². The number of anilines is 1. The fraction of sp³-hybridized carbons (Fsp3) is 0.368. The summed E-state index contributed by atoms with van der Waals surface area (Å²) in [5.41, 5.74) is 7.82. The second-order valence-corrected chi connectivity index (χ2v) is 6.83. The average molecular weight is 343 g/mol. The molecule has 0 saturated carbocycles. The molecule has 0 bridgehead atoms. The summed E-state index contributed by atoms with van der Waals surface area (Å²) in [6.07, 6.45) is 1.27. The third-order valence-corrected chi connectivity index (χ3v) is 3.22. The number of ether oxygens (including phenoxy) is 2. The van der Waals surface area contributed by atoms with Crippen LogP contribution in [0.25, 0.3) is 11.3 Å². The Morgan fingerprint density at radius 1 is 1.28 bits per heavy atom. The van der Waals surface area contributed by atoms with Crippen molar-refractivity contribution in [3.05, 3.63) is 42.6 Å². The van der Waals surface area contributed by atoms with Crippen LogP contribution < -0.4 is 15.8 Å². The number of pyridine rings is 1. The molecule has 0 aliphatic rings. The zero-order chi connectivity index (χ0) is 18.4. The predicted octanol–water partition coefficient (Wildman–Crippen LogP) is 3.62. The molecule has 0 saturated heterocycles. The van der Waals surface area contributed by atoms with Crippen molar-refractivity contribution in [2.24, 2.45) is 0 Å². The number of amides is 1. The van der Waals surface area contributed by atoms with Crippen LogP contribution >= 0.6 is 0 Å². The molecule has 0 unspecified atom stereocenters. The van der Waals surface area contributed by atoms with E-state index in [2.05, 4.69) is 10.3 Å². The summed E-state index contributed by atoms with van der Waals surface area (Å²) in [6.45, 7) is 7.57. The van der Waals surface area contributed by atoms with Gasteiger partial charge in [-0.2, -0.15) is 0 Å². The number of hydrogen-bond acceptors (Lipinski definition) is 5. The highest BCUT2D eigenvalue weighted by Gasteiger charge is 2.18. The number of rotatable bonds is 5. The molecule has 6 heteroatoms. The zero-order valence-corrected chi connectivity index (χ0v) is 15.1. The molecule has 1 aromatic heterocycles. The summed E-state index contributed by atoms with van der Waals surface area (Å²) >= 11 is 0. The Morgan fingerprint density at radius 2 is 2.04 bits per heavy atom. The molecule has 0 aliphatic carbocycles. The number of nitrogens with zero attached hydrogens (tertiary/aromatic N) is 1. The first-order chi connectivity index (χ1) is 11.7. The van der Waals surface area contributed by atoms with E-state index in [1.165, 1.54) is 0 Å². The van der Waals surface area contributed by atoms with Gasteiger partial charge in [-0.05, 0) is 58.0 Å². The number of nitrogens with two attached hydrogens (primary N) is 1. The van der Waals surface area contributed by atoms with Gasteiger partial charge in [0.05, 0.1) is 17.4 Å². The molecule has 1 aromatic carbocycles. The Balaban J connectivity index is 1.92. The highest BCUT2D eigenvalue weighted by atomic mass is 16.6. The molecule has 0 radical (unpaired) electrons. The Kier molecular flexibility index (Phi) is 5.85. The molecule has 0 aliphatic heterocycles. The van der Waals surface area contributed by atoms with Crippen molar-refractivity contribution in [1.29, 1.82) is 0 Å². The number of alkyl carbamates (subject to hydrolysis) is 1. The van der Waals surface area contributed by atoms with Gasteiger partial charge in [0.15, 0.2) is 0 Å². The van der Waals surface area contributed by atoms with Gasteiger partial charge in [-0.15, -0.1) is 0 Å². The van der Waals surface area contributed by atoms with E-state index in [0.717, 1.165) is 11.3 Å².